The SMILES string of the molecule is COc1nc(N[C@H]2CC[C@H](NC(C)=O)CC2)nc2[nH]cc(-c3ccc4nnc(C)n4c3)c12. The highest BCUT2D eigenvalue weighted by molar-refractivity contribution is 5.97. The van der Waals surface area contributed by atoms with Gasteiger partial charge in [0, 0.05) is 42.5 Å². The maximum atomic E-state index is 11.3. The van der Waals surface area contributed by atoms with Crippen LogP contribution in [0.25, 0.3) is 27.8 Å². The number of rotatable bonds is 5. The number of hydrogen-bond donors (Lipinski definition) is 3. The zero-order valence-electron chi connectivity index (χ0n) is 18.3. The lowest BCUT2D eigenvalue weighted by atomic mass is 9.91. The molecule has 166 valence electrons. The van der Waals surface area contributed by atoms with Gasteiger partial charge in [-0.25, -0.2) is 0 Å². The summed E-state index contributed by atoms with van der Waals surface area (Å²) in [5.41, 5.74) is 3.45. The number of fused-ring (bicyclic) bond motifs is 2. The lowest BCUT2D eigenvalue weighted by Gasteiger charge is -2.29. The highest BCUT2D eigenvalue weighted by Gasteiger charge is 2.23. The number of ether oxygens (including phenoxy) is 1. The fourth-order valence-corrected chi connectivity index (χ4v) is 4.46. The topological polar surface area (TPSA) is 122 Å². The van der Waals surface area contributed by atoms with E-state index in [1.165, 1.54) is 0 Å². The Bertz CT molecular complexity index is 1290. The minimum Gasteiger partial charge on any atom is -0.480 e. The van der Waals surface area contributed by atoms with Crippen molar-refractivity contribution in [1.82, 2.24) is 34.9 Å². The fourth-order valence-electron chi connectivity index (χ4n) is 4.46. The molecule has 0 bridgehead atoms. The Morgan fingerprint density at radius 3 is 2.69 bits per heavy atom. The Balaban J connectivity index is 1.41. The molecule has 10 heteroatoms. The van der Waals surface area contributed by atoms with Gasteiger partial charge in [-0.1, -0.05) is 0 Å². The Kier molecular flexibility index (Phi) is 5.12. The molecule has 4 heterocycles. The average Bonchev–Trinajstić information content (AvgIpc) is 3.37. The third-order valence-electron chi connectivity index (χ3n) is 6.04. The molecule has 1 aliphatic carbocycles. The summed E-state index contributed by atoms with van der Waals surface area (Å²) in [4.78, 5) is 23.9. The summed E-state index contributed by atoms with van der Waals surface area (Å²) in [6, 6.07) is 4.46. The third-order valence-corrected chi connectivity index (χ3v) is 6.04. The molecule has 4 aromatic heterocycles. The molecule has 0 aliphatic heterocycles. The molecule has 4 aromatic rings. The summed E-state index contributed by atoms with van der Waals surface area (Å²) in [6.07, 6.45) is 7.70. The van der Waals surface area contributed by atoms with E-state index in [2.05, 4.69) is 30.8 Å². The third kappa shape index (κ3) is 3.72. The Morgan fingerprint density at radius 2 is 1.94 bits per heavy atom. The zero-order chi connectivity index (χ0) is 22.2. The first-order valence-corrected chi connectivity index (χ1v) is 10.8. The number of anilines is 1. The number of carbonyl (C=O) groups is 1. The standard InChI is InChI=1S/C22H26N8O2/c1-12-28-29-18-9-4-14(11-30(12)18)17-10-23-20-19(17)21(32-3)27-22(26-20)25-16-7-5-15(6-8-16)24-13(2)31/h4,9-11,15-16H,5-8H2,1-3H3,(H,24,31)(H2,23,25,26,27)/t15-,16-. The Labute approximate surface area is 184 Å². The van der Waals surface area contributed by atoms with Gasteiger partial charge in [-0.15, -0.1) is 10.2 Å². The summed E-state index contributed by atoms with van der Waals surface area (Å²) in [5.74, 6) is 1.91. The molecule has 0 unspecified atom stereocenters. The number of aryl methyl sites for hydroxylation is 1. The van der Waals surface area contributed by atoms with Gasteiger partial charge in [0.1, 0.15) is 11.5 Å². The zero-order valence-corrected chi connectivity index (χ0v) is 18.3. The molecule has 0 spiro atoms. The van der Waals surface area contributed by atoms with Gasteiger partial charge in [0.25, 0.3) is 0 Å². The monoisotopic (exact) mass is 434 g/mol. The molecule has 32 heavy (non-hydrogen) atoms. The summed E-state index contributed by atoms with van der Waals surface area (Å²) in [6.45, 7) is 3.49. The van der Waals surface area contributed by atoms with E-state index in [9.17, 15) is 4.79 Å². The molecule has 0 saturated heterocycles. The van der Waals surface area contributed by atoms with Crippen molar-refractivity contribution in [2.24, 2.45) is 0 Å². The van der Waals surface area contributed by atoms with Crippen molar-refractivity contribution in [2.75, 3.05) is 12.4 Å². The molecule has 0 radical (unpaired) electrons. The molecule has 5 rings (SSSR count). The molecule has 1 fully saturated rings. The summed E-state index contributed by atoms with van der Waals surface area (Å²) in [7, 11) is 1.62. The summed E-state index contributed by atoms with van der Waals surface area (Å²) in [5, 5.41) is 15.6. The van der Waals surface area contributed by atoms with Crippen LogP contribution in [0.4, 0.5) is 5.95 Å². The van der Waals surface area contributed by atoms with Gasteiger partial charge < -0.3 is 20.4 Å². The van der Waals surface area contributed by atoms with E-state index in [0.717, 1.165) is 53.7 Å². The number of aromatic nitrogens is 6. The van der Waals surface area contributed by atoms with Crippen LogP contribution >= 0.6 is 0 Å². The first kappa shape index (κ1) is 20.2. The normalized spacial score (nSPS) is 18.7. The average molecular weight is 435 g/mol. The van der Waals surface area contributed by atoms with E-state index in [-0.39, 0.29) is 18.0 Å². The van der Waals surface area contributed by atoms with Crippen molar-refractivity contribution in [3.63, 3.8) is 0 Å². The van der Waals surface area contributed by atoms with E-state index >= 15 is 0 Å². The molecule has 1 amide bonds. The molecule has 1 saturated carbocycles. The van der Waals surface area contributed by atoms with Crippen LogP contribution in [-0.4, -0.2) is 54.7 Å². The van der Waals surface area contributed by atoms with Crippen LogP contribution in [0.5, 0.6) is 5.88 Å². The molecule has 0 atom stereocenters. The number of amides is 1. The van der Waals surface area contributed by atoms with Crippen LogP contribution in [0.2, 0.25) is 0 Å². The molecular weight excluding hydrogens is 408 g/mol. The van der Waals surface area contributed by atoms with Crippen LogP contribution < -0.4 is 15.4 Å². The van der Waals surface area contributed by atoms with Gasteiger partial charge in [0.15, 0.2) is 5.65 Å². The van der Waals surface area contributed by atoms with Crippen LogP contribution in [-0.2, 0) is 4.79 Å². The van der Waals surface area contributed by atoms with Gasteiger partial charge in [0.2, 0.25) is 17.7 Å². The largest absolute Gasteiger partial charge is 0.480 e. The highest BCUT2D eigenvalue weighted by atomic mass is 16.5. The number of nitrogens with one attached hydrogen (secondary N) is 3. The summed E-state index contributed by atoms with van der Waals surface area (Å²) >= 11 is 0. The van der Waals surface area contributed by atoms with E-state index in [0.29, 0.717) is 17.5 Å². The molecule has 10 nitrogen and oxygen atoms in total. The van der Waals surface area contributed by atoms with E-state index in [1.807, 2.05) is 35.9 Å². The van der Waals surface area contributed by atoms with Gasteiger partial charge in [0.05, 0.1) is 12.5 Å². The van der Waals surface area contributed by atoms with E-state index in [1.54, 1.807) is 14.0 Å². The van der Waals surface area contributed by atoms with Crippen LogP contribution in [0.3, 0.4) is 0 Å². The Hall–Kier alpha value is -3.69. The van der Waals surface area contributed by atoms with E-state index < -0.39 is 0 Å². The number of aromatic amines is 1. The second-order valence-corrected chi connectivity index (χ2v) is 8.27. The van der Waals surface area contributed by atoms with Crippen molar-refractivity contribution in [3.05, 3.63) is 30.4 Å². The maximum Gasteiger partial charge on any atom is 0.228 e. The van der Waals surface area contributed by atoms with Gasteiger partial charge in [-0.3, -0.25) is 9.20 Å². The first-order chi connectivity index (χ1) is 15.5. The number of H-pyrrole nitrogens is 1. The van der Waals surface area contributed by atoms with Crippen LogP contribution in [0, 0.1) is 6.92 Å². The van der Waals surface area contributed by atoms with Crippen molar-refractivity contribution >= 4 is 28.5 Å². The molecule has 1 aliphatic rings. The smallest absolute Gasteiger partial charge is 0.228 e. The summed E-state index contributed by atoms with van der Waals surface area (Å²) < 4.78 is 7.60. The Morgan fingerprint density at radius 1 is 1.16 bits per heavy atom. The van der Waals surface area contributed by atoms with Gasteiger partial charge in [-0.05, 0) is 44.7 Å². The number of carbonyl (C=O) groups excluding carboxylic acids is 1. The van der Waals surface area contributed by atoms with E-state index in [4.69, 9.17) is 9.72 Å². The highest BCUT2D eigenvalue weighted by Crippen LogP contribution is 2.34. The lowest BCUT2D eigenvalue weighted by Crippen LogP contribution is -2.39. The number of pyridine rings is 1. The maximum absolute atomic E-state index is 11.3. The van der Waals surface area contributed by atoms with Crippen LogP contribution in [0.1, 0.15) is 38.4 Å². The number of nitrogens with zero attached hydrogens (tertiary/aromatic N) is 5. The quantitative estimate of drug-likeness (QED) is 0.441. The van der Waals surface area contributed by atoms with Crippen molar-refractivity contribution < 1.29 is 9.53 Å². The molecule has 0 aromatic carbocycles. The predicted octanol–water partition coefficient (Wildman–Crippen LogP) is 2.84. The molecule has 3 N–H and O–H groups in total. The lowest BCUT2D eigenvalue weighted by molar-refractivity contribution is -0.119. The first-order valence-electron chi connectivity index (χ1n) is 10.8. The number of hydrogen-bond acceptors (Lipinski definition) is 7. The second kappa shape index (κ2) is 8.10. The second-order valence-electron chi connectivity index (χ2n) is 8.27. The minimum absolute atomic E-state index is 0.0288. The van der Waals surface area contributed by atoms with Crippen molar-refractivity contribution in [2.45, 2.75) is 51.6 Å². The molecular formula is C22H26N8O2. The van der Waals surface area contributed by atoms with Crippen molar-refractivity contribution in [3.8, 4) is 17.0 Å². The fraction of sp³-hybridized carbons (Fsp3) is 0.409. The van der Waals surface area contributed by atoms with Gasteiger partial charge >= 0.3 is 0 Å². The van der Waals surface area contributed by atoms with Crippen molar-refractivity contribution in [1.29, 1.82) is 0 Å². The minimum atomic E-state index is 0.0288. The number of methoxy groups -OCH3 is 1. The van der Waals surface area contributed by atoms with Crippen LogP contribution in [0.15, 0.2) is 24.5 Å². The van der Waals surface area contributed by atoms with Gasteiger partial charge in [-0.2, -0.15) is 9.97 Å². The predicted molar refractivity (Wildman–Crippen MR) is 121 cm³/mol.